The fourth-order valence-electron chi connectivity index (χ4n) is 4.29. The van der Waals surface area contributed by atoms with E-state index in [0.717, 1.165) is 15.6 Å². The first kappa shape index (κ1) is 23.8. The minimum absolute atomic E-state index is 0.116. The van der Waals surface area contributed by atoms with Crippen LogP contribution in [-0.2, 0) is 14.8 Å². The molecule has 0 saturated carbocycles. The zero-order valence-electron chi connectivity index (χ0n) is 19.2. The molecule has 3 aromatic carbocycles. The summed E-state index contributed by atoms with van der Waals surface area (Å²) < 4.78 is 29.4. The van der Waals surface area contributed by atoms with Crippen LogP contribution in [0.5, 0.6) is 0 Å². The second-order valence-corrected chi connectivity index (χ2v) is 11.3. The maximum atomic E-state index is 13.5. The van der Waals surface area contributed by atoms with Crippen LogP contribution in [0.25, 0.3) is 10.1 Å². The molecule has 1 atom stereocenters. The highest BCUT2D eigenvalue weighted by molar-refractivity contribution is 7.92. The maximum absolute atomic E-state index is 13.5. The Bertz CT molecular complexity index is 1540. The molecular formula is C27H23N3O4S2. The van der Waals surface area contributed by atoms with E-state index in [1.54, 1.807) is 24.3 Å². The minimum atomic E-state index is -3.86. The number of nitrogens with zero attached hydrogens (tertiary/aromatic N) is 1. The Hall–Kier alpha value is -3.95. The number of thiophene rings is 1. The maximum Gasteiger partial charge on any atom is 0.265 e. The SMILES string of the molecule is C=CC(=O)NC1CCN(S(=O)(=O)c2ccc(NC(=O)c3cc4ccccc4s3)cc2)c2ccccc21. The lowest BCUT2D eigenvalue weighted by molar-refractivity contribution is -0.117. The molecule has 0 radical (unpaired) electrons. The average Bonchev–Trinajstić information content (AvgIpc) is 3.34. The molecule has 36 heavy (non-hydrogen) atoms. The van der Waals surface area contributed by atoms with Gasteiger partial charge in [0.2, 0.25) is 5.91 Å². The molecule has 2 heterocycles. The predicted octanol–water partition coefficient (Wildman–Crippen LogP) is 5.10. The van der Waals surface area contributed by atoms with Crippen LogP contribution in [0.2, 0.25) is 0 Å². The molecule has 2 N–H and O–H groups in total. The largest absolute Gasteiger partial charge is 0.346 e. The first-order chi connectivity index (χ1) is 17.4. The van der Waals surface area contributed by atoms with Crippen molar-refractivity contribution in [1.29, 1.82) is 0 Å². The lowest BCUT2D eigenvalue weighted by Gasteiger charge is -2.35. The quantitative estimate of drug-likeness (QED) is 0.348. The van der Waals surface area contributed by atoms with Gasteiger partial charge in [-0.05, 0) is 65.9 Å². The molecule has 1 aromatic heterocycles. The number of sulfonamides is 1. The van der Waals surface area contributed by atoms with Crippen molar-refractivity contribution in [3.8, 4) is 0 Å². The number of benzene rings is 3. The third kappa shape index (κ3) is 4.50. The van der Waals surface area contributed by atoms with Gasteiger partial charge in [-0.25, -0.2) is 8.42 Å². The third-order valence-electron chi connectivity index (χ3n) is 6.05. The second kappa shape index (κ2) is 9.60. The summed E-state index contributed by atoms with van der Waals surface area (Å²) in [6.45, 7) is 3.70. The van der Waals surface area contributed by atoms with E-state index in [1.165, 1.54) is 33.9 Å². The van der Waals surface area contributed by atoms with Crippen molar-refractivity contribution in [2.75, 3.05) is 16.2 Å². The predicted molar refractivity (Wildman–Crippen MR) is 143 cm³/mol. The van der Waals surface area contributed by atoms with Gasteiger partial charge in [-0.2, -0.15) is 0 Å². The number of carbonyl (C=O) groups excluding carboxylic acids is 2. The van der Waals surface area contributed by atoms with E-state index in [-0.39, 0.29) is 29.3 Å². The molecule has 0 spiro atoms. The highest BCUT2D eigenvalue weighted by Gasteiger charge is 2.33. The number of anilines is 2. The number of para-hydroxylation sites is 1. The van der Waals surface area contributed by atoms with E-state index in [0.29, 0.717) is 22.7 Å². The van der Waals surface area contributed by atoms with Gasteiger partial charge in [0.05, 0.1) is 21.5 Å². The lowest BCUT2D eigenvalue weighted by Crippen LogP contribution is -2.40. The fraction of sp³-hybridized carbons (Fsp3) is 0.111. The van der Waals surface area contributed by atoms with Gasteiger partial charge in [0.15, 0.2) is 0 Å². The summed E-state index contributed by atoms with van der Waals surface area (Å²) in [5, 5.41) is 6.71. The summed E-state index contributed by atoms with van der Waals surface area (Å²) in [6, 6.07) is 22.6. The summed E-state index contributed by atoms with van der Waals surface area (Å²) >= 11 is 1.40. The fourth-order valence-corrected chi connectivity index (χ4v) is 6.75. The summed E-state index contributed by atoms with van der Waals surface area (Å²) in [4.78, 5) is 25.3. The first-order valence-electron chi connectivity index (χ1n) is 11.3. The van der Waals surface area contributed by atoms with Gasteiger partial charge in [-0.1, -0.05) is 43.0 Å². The van der Waals surface area contributed by atoms with E-state index in [9.17, 15) is 18.0 Å². The van der Waals surface area contributed by atoms with Crippen LogP contribution in [0.1, 0.15) is 27.7 Å². The van der Waals surface area contributed by atoms with E-state index in [1.807, 2.05) is 42.5 Å². The number of fused-ring (bicyclic) bond motifs is 2. The lowest BCUT2D eigenvalue weighted by atomic mass is 9.98. The highest BCUT2D eigenvalue weighted by Crippen LogP contribution is 2.37. The van der Waals surface area contributed by atoms with Gasteiger partial charge < -0.3 is 10.6 Å². The Morgan fingerprint density at radius 1 is 1.00 bits per heavy atom. The van der Waals surface area contributed by atoms with Gasteiger partial charge in [-0.15, -0.1) is 11.3 Å². The number of hydrogen-bond acceptors (Lipinski definition) is 5. The molecule has 1 unspecified atom stereocenters. The zero-order chi connectivity index (χ0) is 25.3. The van der Waals surface area contributed by atoms with Crippen molar-refractivity contribution in [1.82, 2.24) is 5.32 Å². The van der Waals surface area contributed by atoms with Gasteiger partial charge in [0.1, 0.15) is 0 Å². The monoisotopic (exact) mass is 517 g/mol. The van der Waals surface area contributed by atoms with Gasteiger partial charge in [-0.3, -0.25) is 13.9 Å². The van der Waals surface area contributed by atoms with Crippen LogP contribution in [0.3, 0.4) is 0 Å². The molecule has 1 aliphatic heterocycles. The van der Waals surface area contributed by atoms with E-state index < -0.39 is 10.0 Å². The Morgan fingerprint density at radius 3 is 2.47 bits per heavy atom. The van der Waals surface area contributed by atoms with Gasteiger partial charge in [0.25, 0.3) is 15.9 Å². The van der Waals surface area contributed by atoms with Crippen molar-refractivity contribution < 1.29 is 18.0 Å². The Labute approximate surface area is 213 Å². The molecule has 5 rings (SSSR count). The van der Waals surface area contributed by atoms with Crippen molar-refractivity contribution >= 4 is 54.6 Å². The molecule has 182 valence electrons. The Kier molecular flexibility index (Phi) is 6.34. The second-order valence-electron chi connectivity index (χ2n) is 8.32. The normalized spacial score (nSPS) is 15.2. The molecule has 0 saturated heterocycles. The topological polar surface area (TPSA) is 95.6 Å². The molecule has 9 heteroatoms. The van der Waals surface area contributed by atoms with Crippen LogP contribution in [0.4, 0.5) is 11.4 Å². The van der Waals surface area contributed by atoms with E-state index in [4.69, 9.17) is 0 Å². The van der Waals surface area contributed by atoms with Crippen molar-refractivity contribution in [3.63, 3.8) is 0 Å². The molecule has 4 aromatic rings. The molecular weight excluding hydrogens is 494 g/mol. The van der Waals surface area contributed by atoms with Crippen molar-refractivity contribution in [2.45, 2.75) is 17.4 Å². The molecule has 2 amide bonds. The van der Waals surface area contributed by atoms with Crippen LogP contribution in [-0.4, -0.2) is 26.8 Å². The molecule has 7 nitrogen and oxygen atoms in total. The number of rotatable bonds is 6. The minimum Gasteiger partial charge on any atom is -0.346 e. The standard InChI is InChI=1S/C27H23N3O4S2/c1-2-26(31)29-22-15-16-30(23-9-5-4-8-21(22)23)36(33,34)20-13-11-19(12-14-20)28-27(32)25-17-18-7-3-6-10-24(18)35-25/h2-14,17,22H,1,15-16H2,(H,28,32)(H,29,31). The molecule has 0 fully saturated rings. The Balaban J connectivity index is 1.36. The smallest absolute Gasteiger partial charge is 0.265 e. The van der Waals surface area contributed by atoms with E-state index >= 15 is 0 Å². The zero-order valence-corrected chi connectivity index (χ0v) is 20.8. The molecule has 0 bridgehead atoms. The van der Waals surface area contributed by atoms with E-state index in [2.05, 4.69) is 17.2 Å². The Morgan fingerprint density at radius 2 is 1.72 bits per heavy atom. The van der Waals surface area contributed by atoms with Crippen molar-refractivity contribution in [3.05, 3.63) is 102 Å². The number of amides is 2. The summed E-state index contributed by atoms with van der Waals surface area (Å²) in [6.07, 6.45) is 1.63. The van der Waals surface area contributed by atoms with Gasteiger partial charge >= 0.3 is 0 Å². The molecule has 0 aliphatic carbocycles. The van der Waals surface area contributed by atoms with Crippen molar-refractivity contribution in [2.24, 2.45) is 0 Å². The van der Waals surface area contributed by atoms with Gasteiger partial charge in [0, 0.05) is 16.9 Å². The number of nitrogens with one attached hydrogen (secondary N) is 2. The number of hydrogen-bond donors (Lipinski definition) is 2. The molecule has 1 aliphatic rings. The summed E-state index contributed by atoms with van der Waals surface area (Å²) in [7, 11) is -3.86. The van der Waals surface area contributed by atoms with Crippen LogP contribution in [0, 0.1) is 0 Å². The van der Waals surface area contributed by atoms with Crippen LogP contribution >= 0.6 is 11.3 Å². The number of carbonyl (C=O) groups is 2. The first-order valence-corrected chi connectivity index (χ1v) is 13.6. The van der Waals surface area contributed by atoms with Crippen LogP contribution < -0.4 is 14.9 Å². The summed E-state index contributed by atoms with van der Waals surface area (Å²) in [5.74, 6) is -0.552. The third-order valence-corrected chi connectivity index (χ3v) is 9.00. The summed E-state index contributed by atoms with van der Waals surface area (Å²) in [5.41, 5.74) is 1.76. The van der Waals surface area contributed by atoms with Crippen LogP contribution in [0.15, 0.2) is 96.4 Å². The average molecular weight is 518 g/mol. The highest BCUT2D eigenvalue weighted by atomic mass is 32.2.